The van der Waals surface area contributed by atoms with E-state index in [9.17, 15) is 19.2 Å². The number of nitrogens with zero attached hydrogens (tertiary/aromatic N) is 8. The smallest absolute Gasteiger partial charge is 0.276 e. The molecule has 16 nitrogen and oxygen atoms in total. The van der Waals surface area contributed by atoms with Crippen molar-refractivity contribution in [3.63, 3.8) is 0 Å². The first-order valence-corrected chi connectivity index (χ1v) is 16.4. The van der Waals surface area contributed by atoms with E-state index in [-0.39, 0.29) is 45.4 Å². The Balaban J connectivity index is 1.33. The maximum atomic E-state index is 16.2. The summed E-state index contributed by atoms with van der Waals surface area (Å²) in [6.07, 6.45) is -4.38. The van der Waals surface area contributed by atoms with E-state index in [2.05, 4.69) is 30.8 Å². The number of anilines is 2. The van der Waals surface area contributed by atoms with Crippen LogP contribution in [0.25, 0.3) is 22.1 Å². The Kier molecular flexibility index (Phi) is 9.55. The van der Waals surface area contributed by atoms with Crippen LogP contribution in [0.3, 0.4) is 0 Å². The third-order valence-electron chi connectivity index (χ3n) is 8.49. The molecule has 6 rings (SSSR count). The van der Waals surface area contributed by atoms with Gasteiger partial charge in [0.15, 0.2) is 12.3 Å². The fourth-order valence-corrected chi connectivity index (χ4v) is 5.97. The molecule has 6 aromatic rings. The van der Waals surface area contributed by atoms with Gasteiger partial charge in [-0.15, -0.1) is 0 Å². The van der Waals surface area contributed by atoms with Crippen LogP contribution in [0.5, 0.6) is 0 Å². The number of rotatable bonds is 13. The van der Waals surface area contributed by atoms with E-state index >= 15 is 8.78 Å². The van der Waals surface area contributed by atoms with E-state index in [1.165, 1.54) is 54.9 Å². The predicted molar refractivity (Wildman–Crippen MR) is 187 cm³/mol. The summed E-state index contributed by atoms with van der Waals surface area (Å²) in [5.74, 6) is -2.79. The van der Waals surface area contributed by atoms with Crippen LogP contribution in [0.1, 0.15) is 66.9 Å². The number of primary amides is 2. The molecule has 4 amide bonds. The van der Waals surface area contributed by atoms with Crippen molar-refractivity contribution in [3.8, 4) is 0 Å². The molecule has 0 fully saturated rings. The van der Waals surface area contributed by atoms with E-state index in [1.54, 1.807) is 26.0 Å². The molecule has 0 aliphatic heterocycles. The van der Waals surface area contributed by atoms with Crippen molar-refractivity contribution in [2.24, 2.45) is 11.5 Å². The first kappa shape index (κ1) is 35.4. The number of aromatic nitrogens is 8. The number of amides is 4. The molecule has 0 saturated carbocycles. The summed E-state index contributed by atoms with van der Waals surface area (Å²) in [5, 5.41) is 13.9. The minimum absolute atomic E-state index is 0.0965. The van der Waals surface area contributed by atoms with Gasteiger partial charge in [-0.2, -0.15) is 10.2 Å². The van der Waals surface area contributed by atoms with Crippen LogP contribution in [-0.4, -0.2) is 74.6 Å². The number of nitrogens with two attached hydrogens (primary N) is 2. The van der Waals surface area contributed by atoms with Gasteiger partial charge in [0.1, 0.15) is 11.4 Å². The fourth-order valence-electron chi connectivity index (χ4n) is 5.97. The quantitative estimate of drug-likeness (QED) is 0.139. The van der Waals surface area contributed by atoms with E-state index in [1.807, 2.05) is 13.8 Å². The number of carbonyl (C=O) groups excluding carboxylic acids is 4. The van der Waals surface area contributed by atoms with Crippen LogP contribution < -0.4 is 22.1 Å². The number of imidazole rings is 2. The van der Waals surface area contributed by atoms with Crippen LogP contribution in [0.15, 0.2) is 48.5 Å². The van der Waals surface area contributed by atoms with Gasteiger partial charge in [0.05, 0.1) is 46.5 Å². The van der Waals surface area contributed by atoms with Gasteiger partial charge in [0.25, 0.3) is 11.8 Å². The summed E-state index contributed by atoms with van der Waals surface area (Å²) in [5.41, 5.74) is 13.9. The van der Waals surface area contributed by atoms with Gasteiger partial charge in [-0.1, -0.05) is 0 Å². The Morgan fingerprint density at radius 2 is 1.06 bits per heavy atom. The van der Waals surface area contributed by atoms with Crippen molar-refractivity contribution in [2.45, 2.75) is 66.2 Å². The summed E-state index contributed by atoms with van der Waals surface area (Å²) in [6.45, 7) is 6.70. The lowest BCUT2D eigenvalue weighted by molar-refractivity contribution is 0.0992. The molecule has 0 saturated heterocycles. The van der Waals surface area contributed by atoms with E-state index in [4.69, 9.17) is 11.5 Å². The van der Waals surface area contributed by atoms with Crippen molar-refractivity contribution in [1.82, 2.24) is 38.7 Å². The summed E-state index contributed by atoms with van der Waals surface area (Å²) in [6, 6.07) is 11.8. The number of aryl methyl sites for hydroxylation is 4. The van der Waals surface area contributed by atoms with Gasteiger partial charge in [0.2, 0.25) is 23.7 Å². The normalized spacial score (nSPS) is 12.7. The third-order valence-corrected chi connectivity index (χ3v) is 8.49. The summed E-state index contributed by atoms with van der Waals surface area (Å²) in [7, 11) is 0. The Labute approximate surface area is 294 Å². The van der Waals surface area contributed by atoms with Crippen LogP contribution in [0, 0.1) is 13.8 Å². The van der Waals surface area contributed by atoms with Gasteiger partial charge in [0, 0.05) is 24.2 Å². The zero-order chi connectivity index (χ0) is 37.4. The molecule has 4 aromatic heterocycles. The van der Waals surface area contributed by atoms with E-state index in [0.29, 0.717) is 35.5 Å². The number of hydrogen-bond acceptors (Lipinski definition) is 8. The molecular weight excluding hydrogens is 678 g/mol. The Morgan fingerprint density at radius 3 is 1.40 bits per heavy atom. The first-order valence-electron chi connectivity index (χ1n) is 16.4. The highest BCUT2D eigenvalue weighted by Crippen LogP contribution is 2.27. The van der Waals surface area contributed by atoms with Crippen molar-refractivity contribution in [3.05, 3.63) is 82.4 Å². The van der Waals surface area contributed by atoms with Crippen molar-refractivity contribution < 1.29 is 28.0 Å². The largest absolute Gasteiger partial charge is 0.366 e. The number of hydrogen-bond donors (Lipinski definition) is 4. The topological polar surface area (TPSA) is 216 Å². The monoisotopic (exact) mass is 714 g/mol. The highest BCUT2D eigenvalue weighted by atomic mass is 19.2. The Bertz CT molecular complexity index is 2210. The molecule has 4 heterocycles. The summed E-state index contributed by atoms with van der Waals surface area (Å²) < 4.78 is 37.9. The molecular formula is C34H36F2N12O4. The van der Waals surface area contributed by atoms with E-state index < -0.39 is 49.1 Å². The molecule has 0 bridgehead atoms. The average molecular weight is 715 g/mol. The average Bonchev–Trinajstić information content (AvgIpc) is 3.86. The fraction of sp³-hybridized carbons (Fsp3) is 0.294. The van der Waals surface area contributed by atoms with Gasteiger partial charge in [-0.05, 0) is 76.2 Å². The molecule has 0 aliphatic carbocycles. The second kappa shape index (κ2) is 14.0. The number of alkyl halides is 2. The molecule has 6 N–H and O–H groups in total. The van der Waals surface area contributed by atoms with Crippen LogP contribution in [0.4, 0.5) is 20.7 Å². The SMILES string of the molecule is CCn1nc(C)cc1C(=O)Nc1nc2cc(C(N)=O)ccc2n1CC(F)C(F)Cn1c(NC(=O)c2cc(C)nn2CC)nc2cc(C(N)=O)ccc21. The standard InChI is InChI=1S/C34H36F2N12O4/c1-5-47-27(11-17(3)43-47)31(51)41-33-39-23-13-19(29(37)49)7-9-25(23)45(33)15-21(35)22(36)16-46-26-10-8-20(30(38)50)14-24(26)40-34(46)42-32(52)28-12-18(4)44-48(28)6-2/h7-14,21-22H,5-6,15-16H2,1-4H3,(H2,37,49)(H2,38,50)(H,39,41,51)(H,40,42,52). The third kappa shape index (κ3) is 6.81. The Hall–Kier alpha value is -6.46. The van der Waals surface area contributed by atoms with Crippen molar-refractivity contribution >= 4 is 57.6 Å². The lowest BCUT2D eigenvalue weighted by Gasteiger charge is -2.19. The van der Waals surface area contributed by atoms with Crippen LogP contribution in [-0.2, 0) is 26.2 Å². The first-order chi connectivity index (χ1) is 24.8. The zero-order valence-corrected chi connectivity index (χ0v) is 28.7. The summed E-state index contributed by atoms with van der Waals surface area (Å²) in [4.78, 5) is 59.3. The minimum atomic E-state index is -2.19. The Morgan fingerprint density at radius 1 is 0.673 bits per heavy atom. The van der Waals surface area contributed by atoms with Gasteiger partial charge in [-0.25, -0.2) is 18.7 Å². The molecule has 2 atom stereocenters. The number of halogens is 2. The molecule has 2 aromatic carbocycles. The molecule has 18 heteroatoms. The second-order valence-corrected chi connectivity index (χ2v) is 12.1. The summed E-state index contributed by atoms with van der Waals surface area (Å²) >= 11 is 0. The minimum Gasteiger partial charge on any atom is -0.366 e. The van der Waals surface area contributed by atoms with Gasteiger partial charge >= 0.3 is 0 Å². The second-order valence-electron chi connectivity index (χ2n) is 12.1. The molecule has 0 radical (unpaired) electrons. The number of carbonyl (C=O) groups is 4. The van der Waals surface area contributed by atoms with Gasteiger partial charge < -0.3 is 20.6 Å². The molecule has 52 heavy (non-hydrogen) atoms. The lowest BCUT2D eigenvalue weighted by atomic mass is 10.1. The van der Waals surface area contributed by atoms with Crippen LogP contribution >= 0.6 is 0 Å². The highest BCUT2D eigenvalue weighted by molar-refractivity contribution is 6.04. The molecule has 0 aliphatic rings. The number of fused-ring (bicyclic) bond motifs is 2. The maximum absolute atomic E-state index is 16.2. The van der Waals surface area contributed by atoms with Gasteiger partial charge in [-0.3, -0.25) is 39.2 Å². The van der Waals surface area contributed by atoms with Crippen molar-refractivity contribution in [1.29, 1.82) is 0 Å². The lowest BCUT2D eigenvalue weighted by Crippen LogP contribution is -2.29. The zero-order valence-electron chi connectivity index (χ0n) is 28.7. The van der Waals surface area contributed by atoms with Crippen LogP contribution in [0.2, 0.25) is 0 Å². The van der Waals surface area contributed by atoms with E-state index in [0.717, 1.165) is 0 Å². The molecule has 270 valence electrons. The molecule has 0 spiro atoms. The number of benzene rings is 2. The maximum Gasteiger partial charge on any atom is 0.276 e. The number of nitrogens with one attached hydrogen (secondary N) is 2. The predicted octanol–water partition coefficient (Wildman–Crippen LogP) is 3.51. The molecule has 2 unspecified atom stereocenters. The highest BCUT2D eigenvalue weighted by Gasteiger charge is 2.28. The van der Waals surface area contributed by atoms with Crippen molar-refractivity contribution in [2.75, 3.05) is 10.6 Å².